The van der Waals surface area contributed by atoms with Gasteiger partial charge in [0.05, 0.1) is 17.3 Å². The smallest absolute Gasteiger partial charge is 0.254 e. The van der Waals surface area contributed by atoms with Crippen LogP contribution in [0.3, 0.4) is 0 Å². The number of anilines is 1. The van der Waals surface area contributed by atoms with E-state index in [0.717, 1.165) is 5.56 Å². The first-order valence-electron chi connectivity index (χ1n) is 8.32. The predicted molar refractivity (Wildman–Crippen MR) is 106 cm³/mol. The molecular formula is C20H18Cl2N2O3. The van der Waals surface area contributed by atoms with Gasteiger partial charge in [-0.1, -0.05) is 54.1 Å². The molecule has 1 aliphatic rings. The highest BCUT2D eigenvalue weighted by Gasteiger charge is 2.41. The van der Waals surface area contributed by atoms with Crippen molar-refractivity contribution in [3.05, 3.63) is 70.2 Å². The standard InChI is InChI=1S/C20H18Cl2N2O3/c1-3-10-27-16-7-5-4-6-13(16)11-24-19-15(22)9-8-14(21)17(19)18(20(24)26)23-12(2)25/h3-9,18H,1,10-11H2,2H3,(H,23,25)/t18-/m0/s1. The van der Waals surface area contributed by atoms with Crippen molar-refractivity contribution >= 4 is 40.7 Å². The van der Waals surface area contributed by atoms with Gasteiger partial charge in [0, 0.05) is 23.1 Å². The van der Waals surface area contributed by atoms with Crippen molar-refractivity contribution in [2.75, 3.05) is 11.5 Å². The lowest BCUT2D eigenvalue weighted by Gasteiger charge is -2.21. The third-order valence-electron chi connectivity index (χ3n) is 4.19. The van der Waals surface area contributed by atoms with E-state index >= 15 is 0 Å². The summed E-state index contributed by atoms with van der Waals surface area (Å²) in [4.78, 5) is 26.2. The fourth-order valence-corrected chi connectivity index (χ4v) is 3.61. The van der Waals surface area contributed by atoms with Gasteiger partial charge >= 0.3 is 0 Å². The minimum atomic E-state index is -0.870. The van der Waals surface area contributed by atoms with Crippen LogP contribution in [-0.2, 0) is 16.1 Å². The number of carbonyl (C=O) groups excluding carboxylic acids is 2. The van der Waals surface area contributed by atoms with Crippen LogP contribution in [-0.4, -0.2) is 18.4 Å². The zero-order valence-electron chi connectivity index (χ0n) is 14.7. The molecule has 27 heavy (non-hydrogen) atoms. The van der Waals surface area contributed by atoms with Crippen molar-refractivity contribution in [3.8, 4) is 5.75 Å². The van der Waals surface area contributed by atoms with Crippen LogP contribution in [0.25, 0.3) is 0 Å². The number of ether oxygens (including phenoxy) is 1. The summed E-state index contributed by atoms with van der Waals surface area (Å²) in [7, 11) is 0. The highest BCUT2D eigenvalue weighted by Crippen LogP contribution is 2.45. The Labute approximate surface area is 167 Å². The molecule has 1 N–H and O–H groups in total. The lowest BCUT2D eigenvalue weighted by atomic mass is 10.1. The molecule has 2 aromatic rings. The van der Waals surface area contributed by atoms with Crippen LogP contribution in [0.15, 0.2) is 49.1 Å². The highest BCUT2D eigenvalue weighted by molar-refractivity contribution is 6.38. The lowest BCUT2D eigenvalue weighted by Crippen LogP contribution is -2.36. The number of benzene rings is 2. The third kappa shape index (κ3) is 3.80. The minimum Gasteiger partial charge on any atom is -0.489 e. The molecule has 2 aromatic carbocycles. The van der Waals surface area contributed by atoms with E-state index in [-0.39, 0.29) is 18.4 Å². The van der Waals surface area contributed by atoms with E-state index in [2.05, 4.69) is 11.9 Å². The van der Waals surface area contributed by atoms with Crippen LogP contribution in [0.4, 0.5) is 5.69 Å². The number of halogens is 2. The Morgan fingerprint density at radius 2 is 1.96 bits per heavy atom. The Hall–Kier alpha value is -2.50. The van der Waals surface area contributed by atoms with Gasteiger partial charge in [0.15, 0.2) is 0 Å². The van der Waals surface area contributed by atoms with Crippen LogP contribution in [0.1, 0.15) is 24.1 Å². The summed E-state index contributed by atoms with van der Waals surface area (Å²) in [5, 5.41) is 3.43. The third-order valence-corrected chi connectivity index (χ3v) is 4.83. The number of para-hydroxylation sites is 1. The maximum absolute atomic E-state index is 13.1. The normalized spacial score (nSPS) is 15.4. The molecule has 0 saturated heterocycles. The molecule has 140 valence electrons. The van der Waals surface area contributed by atoms with E-state index in [4.69, 9.17) is 27.9 Å². The molecular weight excluding hydrogens is 387 g/mol. The Balaban J connectivity index is 2.03. The van der Waals surface area contributed by atoms with Crippen LogP contribution in [0.2, 0.25) is 10.0 Å². The predicted octanol–water partition coefficient (Wildman–Crippen LogP) is 4.28. The van der Waals surface area contributed by atoms with Crippen LogP contribution in [0, 0.1) is 0 Å². The molecule has 0 radical (unpaired) electrons. The second-order valence-corrected chi connectivity index (χ2v) is 6.87. The molecule has 2 amide bonds. The number of hydrogen-bond donors (Lipinski definition) is 1. The van der Waals surface area contributed by atoms with Gasteiger partial charge in [0.2, 0.25) is 5.91 Å². The average molecular weight is 405 g/mol. The summed E-state index contributed by atoms with van der Waals surface area (Å²) in [6.45, 7) is 5.58. The monoisotopic (exact) mass is 404 g/mol. The summed E-state index contributed by atoms with van der Waals surface area (Å²) in [6, 6.07) is 9.80. The van der Waals surface area contributed by atoms with Gasteiger partial charge in [0.1, 0.15) is 18.4 Å². The molecule has 0 spiro atoms. The van der Waals surface area contributed by atoms with Gasteiger partial charge in [0.25, 0.3) is 5.91 Å². The largest absolute Gasteiger partial charge is 0.489 e. The van der Waals surface area contributed by atoms with Gasteiger partial charge in [-0.25, -0.2) is 0 Å². The Morgan fingerprint density at radius 3 is 2.67 bits per heavy atom. The fourth-order valence-electron chi connectivity index (χ4n) is 3.08. The number of nitrogens with one attached hydrogen (secondary N) is 1. The zero-order valence-corrected chi connectivity index (χ0v) is 16.2. The maximum atomic E-state index is 13.1. The van der Waals surface area contributed by atoms with Crippen LogP contribution >= 0.6 is 23.2 Å². The molecule has 0 aliphatic carbocycles. The van der Waals surface area contributed by atoms with Crippen LogP contribution < -0.4 is 15.0 Å². The molecule has 0 fully saturated rings. The van der Waals surface area contributed by atoms with E-state index < -0.39 is 6.04 Å². The summed E-state index contributed by atoms with van der Waals surface area (Å²) in [6.07, 6.45) is 1.65. The van der Waals surface area contributed by atoms with Crippen molar-refractivity contribution in [1.29, 1.82) is 0 Å². The van der Waals surface area contributed by atoms with E-state index in [1.807, 2.05) is 24.3 Å². The summed E-state index contributed by atoms with van der Waals surface area (Å²) in [5.41, 5.74) is 1.82. The molecule has 1 heterocycles. The van der Waals surface area contributed by atoms with Gasteiger partial charge in [-0.05, 0) is 18.2 Å². The first kappa shape index (κ1) is 19.3. The number of carbonyl (C=O) groups is 2. The zero-order chi connectivity index (χ0) is 19.6. The molecule has 1 aliphatic heterocycles. The van der Waals surface area contributed by atoms with E-state index in [1.165, 1.54) is 11.8 Å². The number of amides is 2. The summed E-state index contributed by atoms with van der Waals surface area (Å²) < 4.78 is 5.68. The quantitative estimate of drug-likeness (QED) is 0.730. The molecule has 1 atom stereocenters. The first-order chi connectivity index (χ1) is 12.9. The molecule has 0 aromatic heterocycles. The Morgan fingerprint density at radius 1 is 1.26 bits per heavy atom. The van der Waals surface area contributed by atoms with E-state index in [9.17, 15) is 9.59 Å². The number of fused-ring (bicyclic) bond motifs is 1. The van der Waals surface area contributed by atoms with Crippen molar-refractivity contribution < 1.29 is 14.3 Å². The topological polar surface area (TPSA) is 58.6 Å². The SMILES string of the molecule is C=CCOc1ccccc1CN1C(=O)[C@@H](NC(C)=O)c2c(Cl)ccc(Cl)c21. The van der Waals surface area contributed by atoms with Crippen molar-refractivity contribution in [1.82, 2.24) is 5.32 Å². The van der Waals surface area contributed by atoms with Crippen molar-refractivity contribution in [2.24, 2.45) is 0 Å². The molecule has 3 rings (SSSR count). The van der Waals surface area contributed by atoms with Gasteiger partial charge in [-0.15, -0.1) is 0 Å². The minimum absolute atomic E-state index is 0.231. The maximum Gasteiger partial charge on any atom is 0.254 e. The first-order valence-corrected chi connectivity index (χ1v) is 9.07. The van der Waals surface area contributed by atoms with Crippen molar-refractivity contribution in [3.63, 3.8) is 0 Å². The van der Waals surface area contributed by atoms with E-state index in [0.29, 0.717) is 33.7 Å². The molecule has 7 heteroatoms. The number of hydrogen-bond acceptors (Lipinski definition) is 3. The van der Waals surface area contributed by atoms with Crippen molar-refractivity contribution in [2.45, 2.75) is 19.5 Å². The lowest BCUT2D eigenvalue weighted by molar-refractivity contribution is -0.126. The molecule has 5 nitrogen and oxygen atoms in total. The fraction of sp³-hybridized carbons (Fsp3) is 0.200. The number of nitrogens with zero attached hydrogens (tertiary/aromatic N) is 1. The van der Waals surface area contributed by atoms with Gasteiger partial charge in [-0.2, -0.15) is 0 Å². The molecule has 0 saturated carbocycles. The van der Waals surface area contributed by atoms with Gasteiger partial charge < -0.3 is 15.0 Å². The molecule has 0 bridgehead atoms. The van der Waals surface area contributed by atoms with Gasteiger partial charge in [-0.3, -0.25) is 9.59 Å². The summed E-state index contributed by atoms with van der Waals surface area (Å²) in [5.74, 6) is 0.0218. The second kappa shape index (κ2) is 8.03. The average Bonchev–Trinajstić information content (AvgIpc) is 2.91. The highest BCUT2D eigenvalue weighted by atomic mass is 35.5. The molecule has 0 unspecified atom stereocenters. The summed E-state index contributed by atoms with van der Waals surface area (Å²) >= 11 is 12.7. The second-order valence-electron chi connectivity index (χ2n) is 6.06. The Bertz CT molecular complexity index is 914. The van der Waals surface area contributed by atoms with Crippen LogP contribution in [0.5, 0.6) is 5.75 Å². The Kier molecular flexibility index (Phi) is 5.73. The number of rotatable bonds is 6. The van der Waals surface area contributed by atoms with E-state index in [1.54, 1.807) is 18.2 Å².